The van der Waals surface area contributed by atoms with Crippen molar-refractivity contribution in [3.8, 4) is 34.1 Å². The number of ether oxygens (including phenoxy) is 6. The molecule has 13 heteroatoms. The minimum atomic E-state index is -5.22. The van der Waals surface area contributed by atoms with Gasteiger partial charge in [0.05, 0.1) is 30.9 Å². The Morgan fingerprint density at radius 3 is 2.28 bits per heavy atom. The summed E-state index contributed by atoms with van der Waals surface area (Å²) in [5.41, 5.74) is -5.38. The van der Waals surface area contributed by atoms with E-state index in [-0.39, 0.29) is 33.8 Å². The molecule has 5 rings (SSSR count). The number of rotatable bonds is 11. The molecule has 0 amide bonds. The van der Waals surface area contributed by atoms with Crippen molar-refractivity contribution in [1.29, 1.82) is 0 Å². The maximum absolute atomic E-state index is 14.5. The first-order valence-corrected chi connectivity index (χ1v) is 15.4. The number of hydrogen-bond acceptors (Lipinski definition) is 10. The molecule has 50 heavy (non-hydrogen) atoms. The number of methoxy groups -OCH3 is 3. The standard InChI is InChI=1S/C37H37F3O10/c1-34(2)16-15-23-26(50-34)18-28-30(32(23)45-6)31(41)24(19-47-28)21-13-14-25(27(17-21)44-5)48-20-29(35(3,4)43)49-33(42)36(46-7,37(38,39)40)22-11-9-8-10-12-22/h8-19,29,43H,20H2,1-7H3/t29-,36+/m1/s1. The largest absolute Gasteiger partial charge is 0.495 e. The summed E-state index contributed by atoms with van der Waals surface area (Å²) in [6.45, 7) is 5.72. The van der Waals surface area contributed by atoms with Crippen LogP contribution in [-0.2, 0) is 19.9 Å². The molecule has 0 unspecified atom stereocenters. The third-order valence-corrected chi connectivity index (χ3v) is 8.32. The highest BCUT2D eigenvalue weighted by Crippen LogP contribution is 2.44. The van der Waals surface area contributed by atoms with Gasteiger partial charge in [-0.3, -0.25) is 4.79 Å². The van der Waals surface area contributed by atoms with Crippen LogP contribution in [0.3, 0.4) is 0 Å². The van der Waals surface area contributed by atoms with Crippen LogP contribution in [0.5, 0.6) is 23.0 Å². The SMILES string of the molecule is COc1cc(-c2coc3cc4c(c(OC)c3c2=O)C=CC(C)(C)O4)ccc1OC[C@@H](OC(=O)[C@@](OC)(c1ccccc1)C(F)(F)F)C(C)(C)O. The lowest BCUT2D eigenvalue weighted by Crippen LogP contribution is -2.55. The van der Waals surface area contributed by atoms with Crippen molar-refractivity contribution in [2.24, 2.45) is 0 Å². The molecule has 2 atom stereocenters. The minimum absolute atomic E-state index is 0.0835. The summed E-state index contributed by atoms with van der Waals surface area (Å²) in [6, 6.07) is 12.5. The number of alkyl halides is 3. The molecule has 1 N–H and O–H groups in total. The van der Waals surface area contributed by atoms with E-state index >= 15 is 0 Å². The molecule has 266 valence electrons. The Balaban J connectivity index is 1.45. The highest BCUT2D eigenvalue weighted by atomic mass is 19.4. The average Bonchev–Trinajstić information content (AvgIpc) is 3.05. The van der Waals surface area contributed by atoms with Crippen LogP contribution in [0.4, 0.5) is 13.2 Å². The lowest BCUT2D eigenvalue weighted by atomic mass is 9.92. The molecular formula is C37H37F3O10. The maximum Gasteiger partial charge on any atom is 0.432 e. The van der Waals surface area contributed by atoms with E-state index in [0.29, 0.717) is 16.9 Å². The molecule has 0 aliphatic carbocycles. The van der Waals surface area contributed by atoms with Crippen molar-refractivity contribution >= 4 is 23.0 Å². The summed E-state index contributed by atoms with van der Waals surface area (Å²) in [5, 5.41) is 11.0. The highest BCUT2D eigenvalue weighted by Gasteiger charge is 2.64. The van der Waals surface area contributed by atoms with E-state index in [9.17, 15) is 27.9 Å². The quantitative estimate of drug-likeness (QED) is 0.167. The summed E-state index contributed by atoms with van der Waals surface area (Å²) in [6.07, 6.45) is -1.83. The molecule has 10 nitrogen and oxygen atoms in total. The van der Waals surface area contributed by atoms with E-state index in [2.05, 4.69) is 0 Å². The number of benzene rings is 3. The zero-order chi connectivity index (χ0) is 36.6. The number of halogens is 3. The van der Waals surface area contributed by atoms with Gasteiger partial charge < -0.3 is 37.9 Å². The molecule has 1 aromatic heterocycles. The second-order valence-electron chi connectivity index (χ2n) is 12.7. The summed E-state index contributed by atoms with van der Waals surface area (Å²) >= 11 is 0. The Labute approximate surface area is 285 Å². The second-order valence-corrected chi connectivity index (χ2v) is 12.7. The Morgan fingerprint density at radius 1 is 0.980 bits per heavy atom. The third-order valence-electron chi connectivity index (χ3n) is 8.32. The van der Waals surface area contributed by atoms with Gasteiger partial charge in [-0.15, -0.1) is 0 Å². The minimum Gasteiger partial charge on any atom is -0.495 e. The maximum atomic E-state index is 14.5. The van der Waals surface area contributed by atoms with Crippen LogP contribution >= 0.6 is 0 Å². The molecule has 2 heterocycles. The van der Waals surface area contributed by atoms with Crippen molar-refractivity contribution in [2.45, 2.75) is 56.8 Å². The predicted octanol–water partition coefficient (Wildman–Crippen LogP) is 6.83. The first-order chi connectivity index (χ1) is 23.5. The number of carbonyl (C=O) groups is 1. The molecule has 0 saturated heterocycles. The molecule has 0 spiro atoms. The van der Waals surface area contributed by atoms with Gasteiger partial charge in [0.15, 0.2) is 17.6 Å². The number of esters is 1. The molecule has 0 bridgehead atoms. The van der Waals surface area contributed by atoms with Gasteiger partial charge in [0.1, 0.15) is 40.9 Å². The molecule has 0 saturated carbocycles. The molecular weight excluding hydrogens is 661 g/mol. The monoisotopic (exact) mass is 698 g/mol. The smallest absolute Gasteiger partial charge is 0.432 e. The number of hydrogen-bond donors (Lipinski definition) is 1. The Hall–Kier alpha value is -5.01. The van der Waals surface area contributed by atoms with Crippen LogP contribution in [0.15, 0.2) is 76.1 Å². The number of carbonyl (C=O) groups excluding carboxylic acids is 1. The average molecular weight is 699 g/mol. The van der Waals surface area contributed by atoms with Gasteiger partial charge in [-0.1, -0.05) is 36.4 Å². The number of aliphatic hydroxyl groups is 1. The number of fused-ring (bicyclic) bond motifs is 2. The fourth-order valence-corrected chi connectivity index (χ4v) is 5.60. The van der Waals surface area contributed by atoms with Crippen molar-refractivity contribution in [3.05, 3.63) is 88.3 Å². The predicted molar refractivity (Wildman–Crippen MR) is 178 cm³/mol. The van der Waals surface area contributed by atoms with Crippen LogP contribution in [0.1, 0.15) is 38.8 Å². The van der Waals surface area contributed by atoms with E-state index in [1.54, 1.807) is 12.1 Å². The van der Waals surface area contributed by atoms with Gasteiger partial charge in [-0.25, -0.2) is 4.79 Å². The van der Waals surface area contributed by atoms with E-state index in [4.69, 9.17) is 32.8 Å². The van der Waals surface area contributed by atoms with Gasteiger partial charge >= 0.3 is 12.1 Å². The Bertz CT molecular complexity index is 1980. The summed E-state index contributed by atoms with van der Waals surface area (Å²) in [7, 11) is 3.54. The summed E-state index contributed by atoms with van der Waals surface area (Å²) in [4.78, 5) is 27.2. The fraction of sp³-hybridized carbons (Fsp3) is 0.351. The molecule has 0 radical (unpaired) electrons. The van der Waals surface area contributed by atoms with Crippen LogP contribution in [0.25, 0.3) is 28.2 Å². The Kier molecular flexibility index (Phi) is 9.70. The zero-order valence-electron chi connectivity index (χ0n) is 28.5. The van der Waals surface area contributed by atoms with E-state index in [1.165, 1.54) is 64.7 Å². The summed E-state index contributed by atoms with van der Waals surface area (Å²) < 4.78 is 82.4. The van der Waals surface area contributed by atoms with E-state index in [1.807, 2.05) is 26.0 Å². The van der Waals surface area contributed by atoms with Crippen molar-refractivity contribution in [1.82, 2.24) is 0 Å². The van der Waals surface area contributed by atoms with E-state index < -0.39 is 52.7 Å². The molecule has 3 aromatic carbocycles. The molecule has 4 aromatic rings. The van der Waals surface area contributed by atoms with Crippen LogP contribution in [-0.4, -0.2) is 62.5 Å². The highest BCUT2D eigenvalue weighted by molar-refractivity contribution is 5.93. The zero-order valence-corrected chi connectivity index (χ0v) is 28.5. The lowest BCUT2D eigenvalue weighted by molar-refractivity contribution is -0.281. The van der Waals surface area contributed by atoms with Crippen LogP contribution in [0, 0.1) is 0 Å². The van der Waals surface area contributed by atoms with Crippen molar-refractivity contribution in [2.75, 3.05) is 27.9 Å². The molecule has 1 aliphatic rings. The fourth-order valence-electron chi connectivity index (χ4n) is 5.60. The van der Waals surface area contributed by atoms with Gasteiger partial charge in [-0.05, 0) is 57.5 Å². The van der Waals surface area contributed by atoms with Crippen molar-refractivity contribution in [3.63, 3.8) is 0 Å². The van der Waals surface area contributed by atoms with Gasteiger partial charge in [0.25, 0.3) is 5.60 Å². The third kappa shape index (κ3) is 6.62. The molecule has 0 fully saturated rings. The normalized spacial score (nSPS) is 15.7. The first kappa shape index (κ1) is 36.3. The first-order valence-electron chi connectivity index (χ1n) is 15.4. The lowest BCUT2D eigenvalue weighted by Gasteiger charge is -2.36. The van der Waals surface area contributed by atoms with E-state index in [0.717, 1.165) is 19.2 Å². The van der Waals surface area contributed by atoms with Gasteiger partial charge in [0.2, 0.25) is 5.43 Å². The van der Waals surface area contributed by atoms with Crippen LogP contribution in [0.2, 0.25) is 0 Å². The Morgan fingerprint density at radius 2 is 1.68 bits per heavy atom. The topological polar surface area (TPSA) is 123 Å². The van der Waals surface area contributed by atoms with Gasteiger partial charge in [0, 0.05) is 18.7 Å². The molecule has 1 aliphatic heterocycles. The van der Waals surface area contributed by atoms with Crippen LogP contribution < -0.4 is 24.4 Å². The van der Waals surface area contributed by atoms with Gasteiger partial charge in [-0.2, -0.15) is 13.2 Å². The second kappa shape index (κ2) is 13.4. The summed E-state index contributed by atoms with van der Waals surface area (Å²) in [5.74, 6) is -0.788. The van der Waals surface area contributed by atoms with Crippen molar-refractivity contribution < 1.29 is 55.9 Å².